The van der Waals surface area contributed by atoms with Crippen molar-refractivity contribution in [2.24, 2.45) is 5.92 Å². The largest absolute Gasteiger partial charge is 0.466 e. The second-order valence-electron chi connectivity index (χ2n) is 3.76. The summed E-state index contributed by atoms with van der Waals surface area (Å²) in [5, 5.41) is 0. The Morgan fingerprint density at radius 3 is 3.12 bits per heavy atom. The van der Waals surface area contributed by atoms with Gasteiger partial charge in [-0.25, -0.2) is 0 Å². The molecule has 0 amide bonds. The normalized spacial score (nSPS) is 23.2. The van der Waals surface area contributed by atoms with Gasteiger partial charge >= 0.3 is 11.9 Å². The molecule has 5 heteroatoms. The van der Waals surface area contributed by atoms with Gasteiger partial charge in [-0.2, -0.15) is 0 Å². The zero-order valence-electron chi connectivity index (χ0n) is 9.46. The first-order valence-corrected chi connectivity index (χ1v) is 5.48. The zero-order valence-corrected chi connectivity index (χ0v) is 9.46. The summed E-state index contributed by atoms with van der Waals surface area (Å²) in [7, 11) is 0. The zero-order chi connectivity index (χ0) is 12.3. The lowest BCUT2D eigenvalue weighted by Crippen LogP contribution is -2.21. The van der Waals surface area contributed by atoms with Crippen LogP contribution in [-0.2, 0) is 19.1 Å². The maximum absolute atomic E-state index is 11.7. The van der Waals surface area contributed by atoms with E-state index in [0.717, 1.165) is 5.56 Å². The van der Waals surface area contributed by atoms with Gasteiger partial charge in [-0.3, -0.25) is 14.6 Å². The highest BCUT2D eigenvalue weighted by Gasteiger charge is 2.41. The van der Waals surface area contributed by atoms with Gasteiger partial charge in [0.25, 0.3) is 0 Å². The monoisotopic (exact) mass is 235 g/mol. The molecule has 0 saturated carbocycles. The highest BCUT2D eigenvalue weighted by Crippen LogP contribution is 2.35. The first kappa shape index (κ1) is 11.6. The molecule has 0 aliphatic carbocycles. The minimum atomic E-state index is -0.574. The third kappa shape index (κ3) is 2.43. The molecule has 0 radical (unpaired) electrons. The Bertz CT molecular complexity index is 418. The molecule has 0 spiro atoms. The Kier molecular flexibility index (Phi) is 3.37. The Morgan fingerprint density at radius 1 is 1.65 bits per heavy atom. The number of cyclic esters (lactones) is 1. The van der Waals surface area contributed by atoms with Crippen LogP contribution in [0.25, 0.3) is 0 Å². The van der Waals surface area contributed by atoms with Gasteiger partial charge in [-0.1, -0.05) is 6.07 Å². The maximum Gasteiger partial charge on any atom is 0.313 e. The van der Waals surface area contributed by atoms with E-state index in [1.54, 1.807) is 31.5 Å². The third-order valence-electron chi connectivity index (χ3n) is 2.61. The summed E-state index contributed by atoms with van der Waals surface area (Å²) in [6, 6.07) is 3.52. The number of esters is 2. The fourth-order valence-electron chi connectivity index (χ4n) is 1.86. The molecule has 0 aromatic carbocycles. The first-order chi connectivity index (χ1) is 8.22. The molecule has 1 aromatic heterocycles. The molecular weight excluding hydrogens is 222 g/mol. The number of carbonyl (C=O) groups is 2. The third-order valence-corrected chi connectivity index (χ3v) is 2.61. The molecule has 1 aromatic rings. The van der Waals surface area contributed by atoms with Crippen molar-refractivity contribution in [3.8, 4) is 0 Å². The van der Waals surface area contributed by atoms with Gasteiger partial charge in [0.05, 0.1) is 13.0 Å². The number of rotatable bonds is 3. The van der Waals surface area contributed by atoms with Crippen molar-refractivity contribution >= 4 is 11.9 Å². The summed E-state index contributed by atoms with van der Waals surface area (Å²) in [4.78, 5) is 26.9. The maximum atomic E-state index is 11.7. The van der Waals surface area contributed by atoms with Gasteiger partial charge in [0, 0.05) is 18.0 Å². The predicted octanol–water partition coefficient (Wildman–Crippen LogP) is 1.25. The van der Waals surface area contributed by atoms with Crippen LogP contribution >= 0.6 is 0 Å². The van der Waals surface area contributed by atoms with Crippen molar-refractivity contribution in [2.45, 2.75) is 19.4 Å². The molecule has 0 N–H and O–H groups in total. The summed E-state index contributed by atoms with van der Waals surface area (Å²) >= 11 is 0. The van der Waals surface area contributed by atoms with E-state index in [9.17, 15) is 9.59 Å². The van der Waals surface area contributed by atoms with Gasteiger partial charge in [0.2, 0.25) is 0 Å². The fourth-order valence-corrected chi connectivity index (χ4v) is 1.86. The van der Waals surface area contributed by atoms with E-state index in [-0.39, 0.29) is 12.4 Å². The standard InChI is InChI=1S/C12H13NO4/c1-2-16-12(15)9-6-10(14)17-11(9)8-4-3-5-13-7-8/h3-5,7,9,11H,2,6H2,1H3/t9-,11-/m0/s1. The van der Waals surface area contributed by atoms with Crippen LogP contribution in [0.2, 0.25) is 0 Å². The summed E-state index contributed by atoms with van der Waals surface area (Å²) in [6.07, 6.45) is 2.71. The van der Waals surface area contributed by atoms with E-state index >= 15 is 0 Å². The molecule has 2 heterocycles. The van der Waals surface area contributed by atoms with Gasteiger partial charge in [0.15, 0.2) is 0 Å². The van der Waals surface area contributed by atoms with E-state index in [1.807, 2.05) is 0 Å². The second kappa shape index (κ2) is 4.95. The van der Waals surface area contributed by atoms with Crippen molar-refractivity contribution < 1.29 is 19.1 Å². The van der Waals surface area contributed by atoms with Crippen LogP contribution in [-0.4, -0.2) is 23.5 Å². The lowest BCUT2D eigenvalue weighted by molar-refractivity contribution is -0.150. The smallest absolute Gasteiger partial charge is 0.313 e. The molecule has 1 saturated heterocycles. The Hall–Kier alpha value is -1.91. The number of hydrogen-bond acceptors (Lipinski definition) is 5. The molecule has 17 heavy (non-hydrogen) atoms. The number of hydrogen-bond donors (Lipinski definition) is 0. The van der Waals surface area contributed by atoms with E-state index in [2.05, 4.69) is 4.98 Å². The topological polar surface area (TPSA) is 65.5 Å². The van der Waals surface area contributed by atoms with E-state index < -0.39 is 18.0 Å². The van der Waals surface area contributed by atoms with E-state index in [1.165, 1.54) is 0 Å². The Morgan fingerprint density at radius 2 is 2.47 bits per heavy atom. The Balaban J connectivity index is 2.20. The molecule has 0 bridgehead atoms. The number of aromatic nitrogens is 1. The molecule has 1 aliphatic rings. The van der Waals surface area contributed by atoms with Crippen LogP contribution in [0.15, 0.2) is 24.5 Å². The van der Waals surface area contributed by atoms with E-state index in [4.69, 9.17) is 9.47 Å². The number of pyridine rings is 1. The second-order valence-corrected chi connectivity index (χ2v) is 3.76. The highest BCUT2D eigenvalue weighted by atomic mass is 16.6. The van der Waals surface area contributed by atoms with Gasteiger partial charge in [-0.05, 0) is 13.0 Å². The van der Waals surface area contributed by atoms with Gasteiger partial charge in [0.1, 0.15) is 12.0 Å². The predicted molar refractivity (Wildman–Crippen MR) is 57.8 cm³/mol. The molecule has 5 nitrogen and oxygen atoms in total. The fraction of sp³-hybridized carbons (Fsp3) is 0.417. The average Bonchev–Trinajstić information content (AvgIpc) is 2.73. The first-order valence-electron chi connectivity index (χ1n) is 5.48. The SMILES string of the molecule is CCOC(=O)[C@H]1CC(=O)O[C@H]1c1cccnc1. The van der Waals surface area contributed by atoms with Crippen LogP contribution < -0.4 is 0 Å². The van der Waals surface area contributed by atoms with Crippen molar-refractivity contribution in [3.63, 3.8) is 0 Å². The lowest BCUT2D eigenvalue weighted by Gasteiger charge is -2.15. The minimum absolute atomic E-state index is 0.0679. The minimum Gasteiger partial charge on any atom is -0.466 e. The lowest BCUT2D eigenvalue weighted by atomic mass is 9.96. The summed E-state index contributed by atoms with van der Waals surface area (Å²) in [5.74, 6) is -1.34. The average molecular weight is 235 g/mol. The van der Waals surface area contributed by atoms with Crippen molar-refractivity contribution in [3.05, 3.63) is 30.1 Å². The van der Waals surface area contributed by atoms with Crippen molar-refractivity contribution in [1.82, 2.24) is 4.98 Å². The van der Waals surface area contributed by atoms with Crippen LogP contribution in [0.4, 0.5) is 0 Å². The van der Waals surface area contributed by atoms with Crippen molar-refractivity contribution in [2.75, 3.05) is 6.61 Å². The Labute approximate surface area is 98.7 Å². The van der Waals surface area contributed by atoms with Crippen molar-refractivity contribution in [1.29, 1.82) is 0 Å². The molecular formula is C12H13NO4. The molecule has 90 valence electrons. The molecule has 0 unspecified atom stereocenters. The van der Waals surface area contributed by atoms with Gasteiger partial charge < -0.3 is 9.47 Å². The summed E-state index contributed by atoms with van der Waals surface area (Å²) < 4.78 is 10.1. The summed E-state index contributed by atoms with van der Waals surface area (Å²) in [6.45, 7) is 2.03. The van der Waals surface area contributed by atoms with Crippen LogP contribution in [0.1, 0.15) is 25.0 Å². The van der Waals surface area contributed by atoms with Crippen LogP contribution in [0, 0.1) is 5.92 Å². The number of carbonyl (C=O) groups excluding carboxylic acids is 2. The van der Waals surface area contributed by atoms with Crippen LogP contribution in [0.5, 0.6) is 0 Å². The number of nitrogens with zero attached hydrogens (tertiary/aromatic N) is 1. The molecule has 2 rings (SSSR count). The highest BCUT2D eigenvalue weighted by molar-refractivity contribution is 5.83. The summed E-state index contributed by atoms with van der Waals surface area (Å²) in [5.41, 5.74) is 0.719. The van der Waals surface area contributed by atoms with E-state index in [0.29, 0.717) is 6.61 Å². The molecule has 1 fully saturated rings. The molecule has 1 aliphatic heterocycles. The quantitative estimate of drug-likeness (QED) is 0.737. The number of ether oxygens (including phenoxy) is 2. The molecule has 2 atom stereocenters. The van der Waals surface area contributed by atoms with Crippen LogP contribution in [0.3, 0.4) is 0 Å². The van der Waals surface area contributed by atoms with Gasteiger partial charge in [-0.15, -0.1) is 0 Å².